The first-order chi connectivity index (χ1) is 13.6. The Labute approximate surface area is 168 Å². The van der Waals surface area contributed by atoms with E-state index < -0.39 is 0 Å². The number of ether oxygens (including phenoxy) is 1. The Kier molecular flexibility index (Phi) is 5.63. The maximum atomic E-state index is 12.3. The van der Waals surface area contributed by atoms with Gasteiger partial charge in [-0.2, -0.15) is 0 Å². The number of carbonyl (C=O) groups excluding carboxylic acids is 1. The molecule has 0 aromatic carbocycles. The fraction of sp³-hybridized carbons (Fsp3) is 0.500. The summed E-state index contributed by atoms with van der Waals surface area (Å²) in [4.78, 5) is 20.8. The lowest BCUT2D eigenvalue weighted by Crippen LogP contribution is -2.46. The largest absolute Gasteiger partial charge is 0.395 e. The van der Waals surface area contributed by atoms with Gasteiger partial charge in [0.25, 0.3) is 5.91 Å². The van der Waals surface area contributed by atoms with Gasteiger partial charge in [-0.3, -0.25) is 9.69 Å². The van der Waals surface area contributed by atoms with Crippen LogP contribution in [-0.4, -0.2) is 53.7 Å². The van der Waals surface area contributed by atoms with Crippen LogP contribution in [-0.2, 0) is 23.3 Å². The number of piperidine rings is 1. The molecule has 7 nitrogen and oxygen atoms in total. The summed E-state index contributed by atoms with van der Waals surface area (Å²) in [7, 11) is 0. The Balaban J connectivity index is 1.47. The number of fused-ring (bicyclic) bond motifs is 2. The Morgan fingerprint density at radius 2 is 2.25 bits per heavy atom. The van der Waals surface area contributed by atoms with Crippen LogP contribution in [0, 0.1) is 0 Å². The molecule has 4 heterocycles. The number of hydrogen-bond donors (Lipinski definition) is 3. The molecule has 1 fully saturated rings. The molecule has 0 saturated carbocycles. The molecule has 150 valence electrons. The van der Waals surface area contributed by atoms with Crippen LogP contribution in [0.4, 0.5) is 5.82 Å². The standard InChI is InChI=1S/C20H26N4O3S/c21-18-14(2-1-6-22-18)13-24-8-4-20(5-9-24)15-12-17(19(26)23-7-10-25)28-16(15)3-11-27-20/h1-2,6,12,25H,3-5,7-11,13H2,(H2,21,22)(H,23,26). The molecule has 28 heavy (non-hydrogen) atoms. The second-order valence-electron chi connectivity index (χ2n) is 7.34. The quantitative estimate of drug-likeness (QED) is 0.701. The highest BCUT2D eigenvalue weighted by atomic mass is 32.1. The minimum Gasteiger partial charge on any atom is -0.395 e. The highest BCUT2D eigenvalue weighted by Crippen LogP contribution is 2.44. The monoisotopic (exact) mass is 402 g/mol. The van der Waals surface area contributed by atoms with Crippen molar-refractivity contribution in [2.24, 2.45) is 0 Å². The van der Waals surface area contributed by atoms with Gasteiger partial charge in [0.1, 0.15) is 5.82 Å². The molecule has 0 atom stereocenters. The van der Waals surface area contributed by atoms with Crippen LogP contribution in [0.25, 0.3) is 0 Å². The average molecular weight is 403 g/mol. The van der Waals surface area contributed by atoms with Crippen LogP contribution in [0.2, 0.25) is 0 Å². The number of rotatable bonds is 5. The lowest BCUT2D eigenvalue weighted by Gasteiger charge is -2.44. The van der Waals surface area contributed by atoms with Crippen molar-refractivity contribution in [2.75, 3.05) is 38.6 Å². The summed E-state index contributed by atoms with van der Waals surface area (Å²) in [5.41, 5.74) is 7.93. The van der Waals surface area contributed by atoms with E-state index >= 15 is 0 Å². The number of likely N-dealkylation sites (tertiary alicyclic amines) is 1. The summed E-state index contributed by atoms with van der Waals surface area (Å²) in [6, 6.07) is 5.95. The van der Waals surface area contributed by atoms with Gasteiger partial charge >= 0.3 is 0 Å². The summed E-state index contributed by atoms with van der Waals surface area (Å²) in [6.07, 6.45) is 4.36. The van der Waals surface area contributed by atoms with Crippen molar-refractivity contribution >= 4 is 23.1 Å². The first kappa shape index (κ1) is 19.3. The molecule has 0 radical (unpaired) electrons. The molecule has 1 spiro atoms. The predicted molar refractivity (Wildman–Crippen MR) is 108 cm³/mol. The number of nitrogens with one attached hydrogen (secondary N) is 1. The molecule has 2 aliphatic heterocycles. The number of nitrogen functional groups attached to an aromatic ring is 1. The first-order valence-corrected chi connectivity index (χ1v) is 10.5. The van der Waals surface area contributed by atoms with Crippen molar-refractivity contribution < 1.29 is 14.6 Å². The number of amides is 1. The number of aliphatic hydroxyl groups excluding tert-OH is 1. The maximum absolute atomic E-state index is 12.3. The second-order valence-corrected chi connectivity index (χ2v) is 8.48. The molecule has 1 amide bonds. The van der Waals surface area contributed by atoms with Crippen LogP contribution < -0.4 is 11.1 Å². The van der Waals surface area contributed by atoms with Gasteiger partial charge < -0.3 is 20.9 Å². The van der Waals surface area contributed by atoms with Crippen molar-refractivity contribution in [1.82, 2.24) is 15.2 Å². The number of hydrogen-bond acceptors (Lipinski definition) is 7. The fourth-order valence-corrected chi connectivity index (χ4v) is 5.24. The highest BCUT2D eigenvalue weighted by molar-refractivity contribution is 7.14. The molecule has 0 unspecified atom stereocenters. The minimum atomic E-state index is -0.295. The summed E-state index contributed by atoms with van der Waals surface area (Å²) < 4.78 is 6.30. The number of thiophene rings is 1. The third-order valence-corrected chi connectivity index (χ3v) is 6.81. The van der Waals surface area contributed by atoms with E-state index in [-0.39, 0.29) is 24.7 Å². The zero-order valence-electron chi connectivity index (χ0n) is 15.8. The number of pyridine rings is 1. The van der Waals surface area contributed by atoms with Crippen LogP contribution >= 0.6 is 11.3 Å². The Morgan fingerprint density at radius 1 is 1.43 bits per heavy atom. The predicted octanol–water partition coefficient (Wildman–Crippen LogP) is 1.51. The molecule has 4 rings (SSSR count). The van der Waals surface area contributed by atoms with Crippen molar-refractivity contribution in [3.63, 3.8) is 0 Å². The molecule has 2 aliphatic rings. The van der Waals surface area contributed by atoms with Crippen molar-refractivity contribution in [3.8, 4) is 0 Å². The lowest BCUT2D eigenvalue weighted by molar-refractivity contribution is -0.0980. The van der Waals surface area contributed by atoms with E-state index in [1.54, 1.807) is 17.5 Å². The lowest BCUT2D eigenvalue weighted by atomic mass is 9.82. The Bertz CT molecular complexity index is 846. The molecular weight excluding hydrogens is 376 g/mol. The summed E-state index contributed by atoms with van der Waals surface area (Å²) >= 11 is 1.55. The Hall–Kier alpha value is -2.00. The smallest absolute Gasteiger partial charge is 0.261 e. The zero-order chi connectivity index (χ0) is 19.6. The summed E-state index contributed by atoms with van der Waals surface area (Å²) in [6.45, 7) is 3.53. The van der Waals surface area contributed by atoms with E-state index in [9.17, 15) is 4.79 Å². The molecule has 2 aromatic rings. The van der Waals surface area contributed by atoms with Gasteiger partial charge in [0.2, 0.25) is 0 Å². The zero-order valence-corrected chi connectivity index (χ0v) is 16.6. The van der Waals surface area contributed by atoms with E-state index in [0.717, 1.165) is 44.5 Å². The van der Waals surface area contributed by atoms with E-state index in [4.69, 9.17) is 15.6 Å². The third kappa shape index (κ3) is 3.77. The maximum Gasteiger partial charge on any atom is 0.261 e. The molecule has 0 bridgehead atoms. The van der Waals surface area contributed by atoms with Gasteiger partial charge in [0.15, 0.2) is 0 Å². The van der Waals surface area contributed by atoms with Crippen LogP contribution in [0.15, 0.2) is 24.4 Å². The number of aliphatic hydroxyl groups is 1. The molecule has 8 heteroatoms. The number of anilines is 1. The molecule has 1 saturated heterocycles. The Morgan fingerprint density at radius 3 is 3.00 bits per heavy atom. The normalized spacial score (nSPS) is 18.8. The average Bonchev–Trinajstić information content (AvgIpc) is 3.16. The van der Waals surface area contributed by atoms with Crippen molar-refractivity contribution in [2.45, 2.75) is 31.4 Å². The number of nitrogens with zero attached hydrogens (tertiary/aromatic N) is 2. The first-order valence-electron chi connectivity index (χ1n) is 9.69. The van der Waals surface area contributed by atoms with Crippen molar-refractivity contribution in [1.29, 1.82) is 0 Å². The van der Waals surface area contributed by atoms with Gasteiger partial charge in [0, 0.05) is 49.2 Å². The van der Waals surface area contributed by atoms with Crippen molar-refractivity contribution in [3.05, 3.63) is 45.3 Å². The number of aromatic nitrogens is 1. The molecule has 0 aliphatic carbocycles. The summed E-state index contributed by atoms with van der Waals surface area (Å²) in [5, 5.41) is 11.7. The van der Waals surface area contributed by atoms with E-state index in [1.807, 2.05) is 18.2 Å². The van der Waals surface area contributed by atoms with Gasteiger partial charge in [-0.15, -0.1) is 11.3 Å². The van der Waals surface area contributed by atoms with E-state index in [2.05, 4.69) is 15.2 Å². The number of nitrogens with two attached hydrogens (primary N) is 1. The van der Waals surface area contributed by atoms with Gasteiger partial charge in [-0.1, -0.05) is 6.07 Å². The van der Waals surface area contributed by atoms with Crippen LogP contribution in [0.5, 0.6) is 0 Å². The fourth-order valence-electron chi connectivity index (χ4n) is 4.10. The van der Waals surface area contributed by atoms with Crippen LogP contribution in [0.1, 0.15) is 38.5 Å². The second kappa shape index (κ2) is 8.16. The minimum absolute atomic E-state index is 0.0544. The molecule has 4 N–H and O–H groups in total. The third-order valence-electron chi connectivity index (χ3n) is 5.61. The number of carbonyl (C=O) groups is 1. The van der Waals surface area contributed by atoms with Gasteiger partial charge in [0.05, 0.1) is 23.7 Å². The SMILES string of the molecule is Nc1ncccc1CN1CCC2(CC1)OCCc1sc(C(=O)NCCO)cc12. The van der Waals surface area contributed by atoms with Gasteiger partial charge in [-0.25, -0.2) is 4.98 Å². The molecular formula is C20H26N4O3S. The topological polar surface area (TPSA) is 101 Å². The van der Waals surface area contributed by atoms with E-state index in [0.29, 0.717) is 17.3 Å². The van der Waals surface area contributed by atoms with Crippen LogP contribution in [0.3, 0.4) is 0 Å². The van der Waals surface area contributed by atoms with Gasteiger partial charge in [-0.05, 0) is 30.5 Å². The summed E-state index contributed by atoms with van der Waals surface area (Å²) in [5.74, 6) is 0.475. The highest BCUT2D eigenvalue weighted by Gasteiger charge is 2.42. The molecule has 2 aromatic heterocycles. The van der Waals surface area contributed by atoms with E-state index in [1.165, 1.54) is 10.4 Å².